The van der Waals surface area contributed by atoms with E-state index in [4.69, 9.17) is 14.2 Å². The van der Waals surface area contributed by atoms with Gasteiger partial charge in [0.05, 0.1) is 0 Å². The van der Waals surface area contributed by atoms with Crippen molar-refractivity contribution in [3.05, 3.63) is 29.8 Å². The zero-order valence-corrected chi connectivity index (χ0v) is 8.65. The number of fused-ring (bicyclic) bond motifs is 1. The van der Waals surface area contributed by atoms with Crippen LogP contribution in [0.25, 0.3) is 0 Å². The lowest BCUT2D eigenvalue weighted by Crippen LogP contribution is -2.45. The monoisotopic (exact) mass is 208 g/mol. The van der Waals surface area contributed by atoms with Crippen LogP contribution < -0.4 is 4.74 Å². The second-order valence-corrected chi connectivity index (χ2v) is 3.55. The average molecular weight is 208 g/mol. The zero-order chi connectivity index (χ0) is 10.9. The van der Waals surface area contributed by atoms with Crippen LogP contribution in [0.2, 0.25) is 0 Å². The van der Waals surface area contributed by atoms with E-state index < -0.39 is 5.79 Å². The van der Waals surface area contributed by atoms with Gasteiger partial charge in [0.1, 0.15) is 17.9 Å². The summed E-state index contributed by atoms with van der Waals surface area (Å²) in [5.41, 5.74) is 0.450. The predicted octanol–water partition coefficient (Wildman–Crippen LogP) is 1.60. The Hall–Kier alpha value is -1.55. The number of carbonyl (C=O) groups is 1. The minimum absolute atomic E-state index is 0.201. The molecule has 0 aromatic heterocycles. The first kappa shape index (κ1) is 9.98. The van der Waals surface area contributed by atoms with Crippen LogP contribution in [0, 0.1) is 0 Å². The van der Waals surface area contributed by atoms with Crippen molar-refractivity contribution in [2.75, 3.05) is 13.7 Å². The molecule has 0 saturated heterocycles. The van der Waals surface area contributed by atoms with Crippen molar-refractivity contribution in [3.8, 4) is 5.75 Å². The van der Waals surface area contributed by atoms with Gasteiger partial charge in [-0.15, -0.1) is 0 Å². The molecule has 80 valence electrons. The first-order valence-corrected chi connectivity index (χ1v) is 4.65. The van der Waals surface area contributed by atoms with Crippen molar-refractivity contribution in [1.29, 1.82) is 0 Å². The average Bonchev–Trinajstić information content (AvgIpc) is 2.17. The molecule has 1 aromatic rings. The van der Waals surface area contributed by atoms with Gasteiger partial charge in [0, 0.05) is 14.0 Å². The molecule has 4 nitrogen and oxygen atoms in total. The summed E-state index contributed by atoms with van der Waals surface area (Å²) in [6.45, 7) is 1.87. The second kappa shape index (κ2) is 3.55. The Kier molecular flexibility index (Phi) is 2.36. The molecule has 1 atom stereocenters. The number of hydrogen-bond donors (Lipinski definition) is 0. The van der Waals surface area contributed by atoms with E-state index in [0.717, 1.165) is 0 Å². The minimum atomic E-state index is -1.03. The van der Waals surface area contributed by atoms with E-state index in [2.05, 4.69) is 0 Å². The fourth-order valence-electron chi connectivity index (χ4n) is 1.55. The molecule has 0 N–H and O–H groups in total. The quantitative estimate of drug-likeness (QED) is 0.692. The van der Waals surface area contributed by atoms with Gasteiger partial charge < -0.3 is 14.2 Å². The summed E-state index contributed by atoms with van der Waals surface area (Å²) in [4.78, 5) is 11.6. The van der Waals surface area contributed by atoms with E-state index in [0.29, 0.717) is 11.3 Å². The number of hydrogen-bond acceptors (Lipinski definition) is 4. The molecule has 1 aliphatic heterocycles. The summed E-state index contributed by atoms with van der Waals surface area (Å²) in [5, 5.41) is 0. The molecular weight excluding hydrogens is 196 g/mol. The van der Waals surface area contributed by atoms with Crippen LogP contribution >= 0.6 is 0 Å². The zero-order valence-electron chi connectivity index (χ0n) is 8.65. The predicted molar refractivity (Wildman–Crippen MR) is 52.8 cm³/mol. The maximum Gasteiger partial charge on any atom is 0.345 e. The van der Waals surface area contributed by atoms with Gasteiger partial charge >= 0.3 is 5.97 Å². The number of carbonyl (C=O) groups excluding carboxylic acids is 1. The maximum atomic E-state index is 11.6. The van der Waals surface area contributed by atoms with Gasteiger partial charge in [0.2, 0.25) is 0 Å². The Morgan fingerprint density at radius 2 is 2.07 bits per heavy atom. The SMILES string of the molecule is COCC1(C)OC(=O)c2ccccc2O1. The van der Waals surface area contributed by atoms with Gasteiger partial charge in [-0.2, -0.15) is 0 Å². The van der Waals surface area contributed by atoms with E-state index >= 15 is 0 Å². The fourth-order valence-corrected chi connectivity index (χ4v) is 1.55. The Labute approximate surface area is 87.8 Å². The number of ether oxygens (including phenoxy) is 3. The highest BCUT2D eigenvalue weighted by molar-refractivity contribution is 5.93. The van der Waals surface area contributed by atoms with E-state index in [1.807, 2.05) is 6.07 Å². The topological polar surface area (TPSA) is 44.8 Å². The number of methoxy groups -OCH3 is 1. The van der Waals surface area contributed by atoms with Crippen molar-refractivity contribution in [2.45, 2.75) is 12.7 Å². The molecule has 1 heterocycles. The van der Waals surface area contributed by atoms with Crippen molar-refractivity contribution in [2.24, 2.45) is 0 Å². The lowest BCUT2D eigenvalue weighted by atomic mass is 10.1. The molecule has 2 rings (SSSR count). The molecule has 1 aromatic carbocycles. The Morgan fingerprint density at radius 1 is 1.33 bits per heavy atom. The third-order valence-corrected chi connectivity index (χ3v) is 2.15. The van der Waals surface area contributed by atoms with Crippen LogP contribution in [0.4, 0.5) is 0 Å². The Morgan fingerprint density at radius 3 is 2.80 bits per heavy atom. The highest BCUT2D eigenvalue weighted by Crippen LogP contribution is 2.30. The third-order valence-electron chi connectivity index (χ3n) is 2.15. The summed E-state index contributed by atoms with van der Waals surface area (Å²) in [6.07, 6.45) is 0. The highest BCUT2D eigenvalue weighted by Gasteiger charge is 2.37. The van der Waals surface area contributed by atoms with Gasteiger partial charge in [0.25, 0.3) is 5.79 Å². The summed E-state index contributed by atoms with van der Waals surface area (Å²) in [7, 11) is 1.53. The maximum absolute atomic E-state index is 11.6. The smallest absolute Gasteiger partial charge is 0.345 e. The minimum Gasteiger partial charge on any atom is -0.449 e. The fraction of sp³-hybridized carbons (Fsp3) is 0.364. The summed E-state index contributed by atoms with van der Waals surface area (Å²) >= 11 is 0. The Balaban J connectivity index is 2.34. The molecule has 0 radical (unpaired) electrons. The second-order valence-electron chi connectivity index (χ2n) is 3.55. The molecular formula is C11H12O4. The summed E-state index contributed by atoms with van der Waals surface area (Å²) in [6, 6.07) is 6.99. The van der Waals surface area contributed by atoms with Gasteiger partial charge in [-0.1, -0.05) is 12.1 Å². The van der Waals surface area contributed by atoms with E-state index in [1.165, 1.54) is 7.11 Å². The Bertz CT molecular complexity index is 388. The van der Waals surface area contributed by atoms with Crippen LogP contribution in [0.1, 0.15) is 17.3 Å². The van der Waals surface area contributed by atoms with E-state index in [1.54, 1.807) is 25.1 Å². The number of esters is 1. The number of para-hydroxylation sites is 1. The van der Waals surface area contributed by atoms with Gasteiger partial charge in [-0.3, -0.25) is 0 Å². The molecule has 0 amide bonds. The number of rotatable bonds is 2. The standard InChI is InChI=1S/C11H12O4/c1-11(7-13-2)14-9-6-4-3-5-8(9)10(12)15-11/h3-6H,7H2,1-2H3. The van der Waals surface area contributed by atoms with Crippen molar-refractivity contribution in [1.82, 2.24) is 0 Å². The highest BCUT2D eigenvalue weighted by atomic mass is 16.7. The van der Waals surface area contributed by atoms with Gasteiger partial charge in [-0.05, 0) is 12.1 Å². The van der Waals surface area contributed by atoms with Crippen molar-refractivity contribution in [3.63, 3.8) is 0 Å². The lowest BCUT2D eigenvalue weighted by Gasteiger charge is -2.33. The molecule has 1 aliphatic rings. The number of cyclic esters (lactones) is 1. The van der Waals surface area contributed by atoms with Crippen molar-refractivity contribution >= 4 is 5.97 Å². The van der Waals surface area contributed by atoms with Gasteiger partial charge in [0.15, 0.2) is 0 Å². The van der Waals surface area contributed by atoms with E-state index in [-0.39, 0.29) is 12.6 Å². The van der Waals surface area contributed by atoms with Crippen LogP contribution in [-0.4, -0.2) is 25.5 Å². The first-order valence-electron chi connectivity index (χ1n) is 4.65. The van der Waals surface area contributed by atoms with Crippen LogP contribution in [-0.2, 0) is 9.47 Å². The van der Waals surface area contributed by atoms with E-state index in [9.17, 15) is 4.79 Å². The lowest BCUT2D eigenvalue weighted by molar-refractivity contribution is -0.170. The summed E-state index contributed by atoms with van der Waals surface area (Å²) in [5.74, 6) is -0.870. The van der Waals surface area contributed by atoms with Crippen LogP contribution in [0.3, 0.4) is 0 Å². The molecule has 15 heavy (non-hydrogen) atoms. The van der Waals surface area contributed by atoms with Gasteiger partial charge in [-0.25, -0.2) is 4.79 Å². The molecule has 0 spiro atoms. The summed E-state index contributed by atoms with van der Waals surface area (Å²) < 4.78 is 15.7. The molecule has 0 fully saturated rings. The third kappa shape index (κ3) is 1.80. The van der Waals surface area contributed by atoms with Crippen LogP contribution in [0.15, 0.2) is 24.3 Å². The molecule has 0 aliphatic carbocycles. The van der Waals surface area contributed by atoms with Crippen molar-refractivity contribution < 1.29 is 19.0 Å². The molecule has 0 saturated carbocycles. The largest absolute Gasteiger partial charge is 0.449 e. The molecule has 4 heteroatoms. The van der Waals surface area contributed by atoms with Crippen LogP contribution in [0.5, 0.6) is 5.75 Å². The normalized spacial score (nSPS) is 24.0. The molecule has 1 unspecified atom stereocenters. The molecule has 0 bridgehead atoms. The first-order chi connectivity index (χ1) is 7.14. The number of benzene rings is 1.